The lowest BCUT2D eigenvalue weighted by molar-refractivity contribution is -0.121. The van der Waals surface area contributed by atoms with Gasteiger partial charge in [0, 0.05) is 31.3 Å². The highest BCUT2D eigenvalue weighted by Gasteiger charge is 2.25. The maximum atomic E-state index is 12.5. The molecule has 3 aromatic rings. The quantitative estimate of drug-likeness (QED) is 0.689. The van der Waals surface area contributed by atoms with Crippen LogP contribution in [0.1, 0.15) is 19.4 Å². The topological polar surface area (TPSA) is 85.1 Å². The molecule has 7 nitrogen and oxygen atoms in total. The molecule has 0 saturated carbocycles. The van der Waals surface area contributed by atoms with Gasteiger partial charge >= 0.3 is 0 Å². The molecule has 124 valence electrons. The van der Waals surface area contributed by atoms with E-state index >= 15 is 0 Å². The van der Waals surface area contributed by atoms with E-state index in [9.17, 15) is 4.79 Å². The molecule has 0 aliphatic rings. The molecular weight excluding hydrogens is 324 g/mol. The molecule has 0 unspecified atom stereocenters. The van der Waals surface area contributed by atoms with Gasteiger partial charge in [0.25, 0.3) is 5.78 Å². The molecule has 1 atom stereocenters. The summed E-state index contributed by atoms with van der Waals surface area (Å²) in [5, 5.41) is 7.57. The molecular formula is C16H18N6OS. The molecule has 24 heavy (non-hydrogen) atoms. The lowest BCUT2D eigenvalue weighted by atomic mass is 10.1. The molecule has 0 saturated heterocycles. The molecule has 0 radical (unpaired) electrons. The minimum Gasteiger partial charge on any atom is -0.351 e. The summed E-state index contributed by atoms with van der Waals surface area (Å²) in [5.41, 5.74) is 0.966. The van der Waals surface area contributed by atoms with Crippen LogP contribution in [-0.2, 0) is 11.3 Å². The van der Waals surface area contributed by atoms with Gasteiger partial charge in [-0.25, -0.2) is 9.50 Å². The van der Waals surface area contributed by atoms with Crippen molar-refractivity contribution in [2.75, 3.05) is 0 Å². The van der Waals surface area contributed by atoms with E-state index in [1.807, 2.05) is 26.0 Å². The largest absolute Gasteiger partial charge is 0.351 e. The zero-order chi connectivity index (χ0) is 16.9. The van der Waals surface area contributed by atoms with E-state index in [0.29, 0.717) is 17.5 Å². The number of nitrogens with one attached hydrogen (secondary N) is 1. The summed E-state index contributed by atoms with van der Waals surface area (Å²) in [7, 11) is 0. The van der Waals surface area contributed by atoms with E-state index < -0.39 is 0 Å². The lowest BCUT2D eigenvalue weighted by Gasteiger charge is -2.18. The summed E-state index contributed by atoms with van der Waals surface area (Å²) in [6.07, 6.45) is 6.90. The van der Waals surface area contributed by atoms with Crippen LogP contribution in [0.4, 0.5) is 0 Å². The number of hydrogen-bond acceptors (Lipinski definition) is 6. The molecule has 3 rings (SSSR count). The van der Waals surface area contributed by atoms with Gasteiger partial charge in [-0.3, -0.25) is 9.78 Å². The van der Waals surface area contributed by atoms with E-state index in [1.54, 1.807) is 35.4 Å². The van der Waals surface area contributed by atoms with Crippen molar-refractivity contribution in [3.05, 3.63) is 48.5 Å². The molecule has 0 fully saturated rings. The summed E-state index contributed by atoms with van der Waals surface area (Å²) in [6, 6.07) is 5.57. The van der Waals surface area contributed by atoms with Crippen LogP contribution in [0, 0.1) is 5.92 Å². The first-order valence-electron chi connectivity index (χ1n) is 7.64. The number of aromatic nitrogens is 5. The first kappa shape index (κ1) is 16.4. The van der Waals surface area contributed by atoms with Gasteiger partial charge < -0.3 is 5.32 Å². The van der Waals surface area contributed by atoms with E-state index in [0.717, 1.165) is 5.56 Å². The number of fused-ring (bicyclic) bond motifs is 1. The molecule has 3 aromatic heterocycles. The Morgan fingerprint density at radius 2 is 2.21 bits per heavy atom. The number of amides is 1. The van der Waals surface area contributed by atoms with Crippen molar-refractivity contribution in [3.63, 3.8) is 0 Å². The fourth-order valence-electron chi connectivity index (χ4n) is 2.16. The number of pyridine rings is 1. The number of hydrogen-bond donors (Lipinski definition) is 1. The molecule has 1 N–H and O–H groups in total. The molecule has 3 heterocycles. The van der Waals surface area contributed by atoms with E-state index in [4.69, 9.17) is 0 Å². The van der Waals surface area contributed by atoms with E-state index in [-0.39, 0.29) is 17.1 Å². The summed E-state index contributed by atoms with van der Waals surface area (Å²) in [4.78, 5) is 25.1. The van der Waals surface area contributed by atoms with E-state index in [2.05, 4.69) is 25.4 Å². The van der Waals surface area contributed by atoms with Crippen molar-refractivity contribution in [3.8, 4) is 0 Å². The van der Waals surface area contributed by atoms with Gasteiger partial charge in [-0.1, -0.05) is 31.7 Å². The number of rotatable bonds is 6. The number of nitrogens with zero attached hydrogens (tertiary/aromatic N) is 5. The Labute approximate surface area is 143 Å². The highest BCUT2D eigenvalue weighted by molar-refractivity contribution is 8.00. The fourth-order valence-corrected chi connectivity index (χ4v) is 3.12. The second-order valence-corrected chi connectivity index (χ2v) is 6.73. The normalized spacial score (nSPS) is 12.5. The molecule has 0 bridgehead atoms. The Kier molecular flexibility index (Phi) is 5.05. The SMILES string of the molecule is CC(C)[C@H](Sc1nc2ncccn2n1)C(=O)NCc1cccnc1. The smallest absolute Gasteiger partial charge is 0.253 e. The summed E-state index contributed by atoms with van der Waals surface area (Å²) < 4.78 is 1.60. The van der Waals surface area contributed by atoms with Crippen LogP contribution >= 0.6 is 11.8 Å². The number of carbonyl (C=O) groups excluding carboxylic acids is 1. The summed E-state index contributed by atoms with van der Waals surface area (Å²) >= 11 is 1.36. The van der Waals surface area contributed by atoms with Gasteiger partial charge in [0.2, 0.25) is 11.1 Å². The van der Waals surface area contributed by atoms with Crippen molar-refractivity contribution in [1.82, 2.24) is 29.9 Å². The predicted molar refractivity (Wildman–Crippen MR) is 91.3 cm³/mol. The Balaban J connectivity index is 1.68. The van der Waals surface area contributed by atoms with Crippen molar-refractivity contribution in [1.29, 1.82) is 0 Å². The third-order valence-electron chi connectivity index (χ3n) is 3.38. The van der Waals surface area contributed by atoms with Gasteiger partial charge in [-0.2, -0.15) is 4.98 Å². The first-order valence-corrected chi connectivity index (χ1v) is 8.52. The third kappa shape index (κ3) is 3.88. The van der Waals surface area contributed by atoms with Crippen LogP contribution in [-0.4, -0.2) is 35.7 Å². The average molecular weight is 342 g/mol. The predicted octanol–water partition coefficient (Wildman–Crippen LogP) is 1.95. The maximum absolute atomic E-state index is 12.5. The van der Waals surface area contributed by atoms with Gasteiger partial charge in [-0.05, 0) is 23.6 Å². The Bertz CT molecular complexity index is 787. The molecule has 1 amide bonds. The Morgan fingerprint density at radius 1 is 1.33 bits per heavy atom. The van der Waals surface area contributed by atoms with E-state index in [1.165, 1.54) is 11.8 Å². The zero-order valence-electron chi connectivity index (χ0n) is 13.5. The van der Waals surface area contributed by atoms with Crippen LogP contribution in [0.5, 0.6) is 0 Å². The molecule has 0 spiro atoms. The fraction of sp³-hybridized carbons (Fsp3) is 0.312. The molecule has 0 aliphatic heterocycles. The van der Waals surface area contributed by atoms with Crippen molar-refractivity contribution in [2.24, 2.45) is 5.92 Å². The van der Waals surface area contributed by atoms with Crippen molar-refractivity contribution < 1.29 is 4.79 Å². The van der Waals surface area contributed by atoms with Crippen LogP contribution in [0.3, 0.4) is 0 Å². The number of carbonyl (C=O) groups is 1. The van der Waals surface area contributed by atoms with Crippen LogP contribution in [0.15, 0.2) is 48.1 Å². The summed E-state index contributed by atoms with van der Waals surface area (Å²) in [5.74, 6) is 0.632. The monoisotopic (exact) mass is 342 g/mol. The van der Waals surface area contributed by atoms with Gasteiger partial charge in [0.05, 0.1) is 5.25 Å². The standard InChI is InChI=1S/C16H18N6OS/c1-11(2)13(14(23)19-10-12-5-3-6-17-9-12)24-16-20-15-18-7-4-8-22(15)21-16/h3-9,11,13H,10H2,1-2H3,(H,19,23)/t13-/m0/s1. The Hall–Kier alpha value is -2.48. The van der Waals surface area contributed by atoms with Crippen molar-refractivity contribution in [2.45, 2.75) is 30.8 Å². The van der Waals surface area contributed by atoms with Crippen LogP contribution < -0.4 is 5.32 Å². The minimum atomic E-state index is -0.279. The summed E-state index contributed by atoms with van der Waals surface area (Å²) in [6.45, 7) is 4.47. The molecule has 8 heteroatoms. The van der Waals surface area contributed by atoms with Crippen molar-refractivity contribution >= 4 is 23.4 Å². The zero-order valence-corrected chi connectivity index (χ0v) is 14.3. The van der Waals surface area contributed by atoms with Gasteiger partial charge in [-0.15, -0.1) is 5.10 Å². The minimum absolute atomic E-state index is 0.0364. The van der Waals surface area contributed by atoms with Crippen LogP contribution in [0.2, 0.25) is 0 Å². The van der Waals surface area contributed by atoms with Gasteiger partial charge in [0.15, 0.2) is 0 Å². The highest BCUT2D eigenvalue weighted by atomic mass is 32.2. The van der Waals surface area contributed by atoms with Crippen LogP contribution in [0.25, 0.3) is 5.78 Å². The highest BCUT2D eigenvalue weighted by Crippen LogP contribution is 2.26. The average Bonchev–Trinajstić information content (AvgIpc) is 3.01. The second-order valence-electron chi connectivity index (χ2n) is 5.62. The maximum Gasteiger partial charge on any atom is 0.253 e. The third-order valence-corrected chi connectivity index (χ3v) is 4.78. The lowest BCUT2D eigenvalue weighted by Crippen LogP contribution is -2.35. The molecule has 0 aromatic carbocycles. The first-order chi connectivity index (χ1) is 11.6. The number of thioether (sulfide) groups is 1. The second kappa shape index (κ2) is 7.39. The van der Waals surface area contributed by atoms with Gasteiger partial charge in [0.1, 0.15) is 0 Å². The molecule has 0 aliphatic carbocycles. The Morgan fingerprint density at radius 3 is 2.92 bits per heavy atom.